The van der Waals surface area contributed by atoms with Gasteiger partial charge in [-0.2, -0.15) is 0 Å². The molecule has 1 N–H and O–H groups in total. The van der Waals surface area contributed by atoms with Crippen molar-refractivity contribution in [3.8, 4) is 22.5 Å². The highest BCUT2D eigenvalue weighted by atomic mass is 15.2. The summed E-state index contributed by atoms with van der Waals surface area (Å²) in [4.78, 5) is 10.0. The first-order chi connectivity index (χ1) is 27.8. The third-order valence-corrected chi connectivity index (χ3v) is 11.2. The van der Waals surface area contributed by atoms with Gasteiger partial charge in [-0.1, -0.05) is 121 Å². The molecule has 9 aromatic rings. The number of nitrogens with one attached hydrogen (secondary N) is 1. The SMILES string of the molecule is C1=Cc2c(n(-c3ccccc3)c3ccc(-c4ccc5c(c4)c4ccccc4n5-c4ccc(C5=NC(c6ccccc6)=NC(c6ccccc6)N5)cc4)cc23)CC1. The number of rotatable bonds is 6. The molecule has 0 saturated carbocycles. The topological polar surface area (TPSA) is 46.6 Å². The summed E-state index contributed by atoms with van der Waals surface area (Å²) in [6.07, 6.45) is 6.50. The summed E-state index contributed by atoms with van der Waals surface area (Å²) in [5.74, 6) is 1.53. The van der Waals surface area contributed by atoms with Gasteiger partial charge in [0.05, 0.1) is 16.6 Å². The minimum absolute atomic E-state index is 0.239. The molecule has 0 spiro atoms. The lowest BCUT2D eigenvalue weighted by Gasteiger charge is -2.23. The van der Waals surface area contributed by atoms with Crippen molar-refractivity contribution < 1.29 is 0 Å². The van der Waals surface area contributed by atoms with E-state index in [1.54, 1.807) is 0 Å². The highest BCUT2D eigenvalue weighted by Gasteiger charge is 2.22. The van der Waals surface area contributed by atoms with Gasteiger partial charge in [0.2, 0.25) is 0 Å². The van der Waals surface area contributed by atoms with E-state index in [-0.39, 0.29) is 6.17 Å². The molecular formula is C51H37N5. The number of amidine groups is 2. The summed E-state index contributed by atoms with van der Waals surface area (Å²) in [5, 5.41) is 7.38. The van der Waals surface area contributed by atoms with E-state index >= 15 is 0 Å². The molecule has 1 atom stereocenters. The van der Waals surface area contributed by atoms with Crippen LogP contribution in [0.4, 0.5) is 0 Å². The van der Waals surface area contributed by atoms with Crippen molar-refractivity contribution in [3.05, 3.63) is 210 Å². The van der Waals surface area contributed by atoms with Crippen LogP contribution in [0.5, 0.6) is 0 Å². The molecule has 2 aromatic heterocycles. The Bertz CT molecular complexity index is 3020. The molecule has 0 saturated heterocycles. The monoisotopic (exact) mass is 719 g/mol. The standard InChI is InChI=1S/C51H37N5/c1-4-14-34(15-5-1)49-52-50(35-16-6-2-7-17-35)54-51(53-49)36-24-28-40(29-25-36)56-46-23-13-11-21-42(46)44-33-38(27-31-48(44)56)37-26-30-47-43(32-37)41-20-10-12-22-45(41)55(47)39-18-8-3-9-19-39/h1-11,13-21,23-33,49H,12,22H2,(H,52,53,54). The zero-order valence-corrected chi connectivity index (χ0v) is 30.7. The molecule has 1 aliphatic carbocycles. The summed E-state index contributed by atoms with van der Waals surface area (Å²) in [6.45, 7) is 0. The highest BCUT2D eigenvalue weighted by Crippen LogP contribution is 2.39. The maximum atomic E-state index is 5.03. The number of benzene rings is 7. The van der Waals surface area contributed by atoms with Crippen LogP contribution >= 0.6 is 0 Å². The molecule has 1 aliphatic heterocycles. The van der Waals surface area contributed by atoms with Gasteiger partial charge < -0.3 is 14.5 Å². The van der Waals surface area contributed by atoms with Crippen LogP contribution in [0.2, 0.25) is 0 Å². The molecule has 266 valence electrons. The van der Waals surface area contributed by atoms with Crippen LogP contribution in [0, 0.1) is 0 Å². The van der Waals surface area contributed by atoms with Gasteiger partial charge in [0.1, 0.15) is 12.0 Å². The first-order valence-corrected chi connectivity index (χ1v) is 19.3. The summed E-state index contributed by atoms with van der Waals surface area (Å²) < 4.78 is 4.83. The second kappa shape index (κ2) is 13.3. The smallest absolute Gasteiger partial charge is 0.159 e. The molecule has 11 rings (SSSR count). The van der Waals surface area contributed by atoms with Crippen LogP contribution in [-0.2, 0) is 6.42 Å². The minimum Gasteiger partial charge on any atom is -0.344 e. The number of aromatic nitrogens is 2. The Morgan fingerprint density at radius 3 is 1.88 bits per heavy atom. The van der Waals surface area contributed by atoms with Crippen molar-refractivity contribution in [3.63, 3.8) is 0 Å². The van der Waals surface area contributed by atoms with Gasteiger partial charge in [-0.15, -0.1) is 0 Å². The average molecular weight is 720 g/mol. The molecule has 0 bridgehead atoms. The van der Waals surface area contributed by atoms with Gasteiger partial charge in [-0.05, 0) is 96.3 Å². The highest BCUT2D eigenvalue weighted by molar-refractivity contribution is 6.13. The van der Waals surface area contributed by atoms with Gasteiger partial charge in [0.15, 0.2) is 5.84 Å². The maximum Gasteiger partial charge on any atom is 0.159 e. The van der Waals surface area contributed by atoms with Crippen molar-refractivity contribution in [2.75, 3.05) is 0 Å². The van der Waals surface area contributed by atoms with Crippen LogP contribution in [0.1, 0.15) is 40.5 Å². The molecule has 1 unspecified atom stereocenters. The number of allylic oxidation sites excluding steroid dienone is 1. The third-order valence-electron chi connectivity index (χ3n) is 11.2. The quantitative estimate of drug-likeness (QED) is 0.183. The van der Waals surface area contributed by atoms with Gasteiger partial charge in [-0.25, -0.2) is 9.98 Å². The molecule has 0 radical (unpaired) electrons. The van der Waals surface area contributed by atoms with Crippen LogP contribution in [0.15, 0.2) is 192 Å². The summed E-state index contributed by atoms with van der Waals surface area (Å²) in [6, 6.07) is 62.7. The number of fused-ring (bicyclic) bond motifs is 6. The molecule has 0 amide bonds. The third kappa shape index (κ3) is 5.39. The number of nitrogens with zero attached hydrogens (tertiary/aromatic N) is 4. The Morgan fingerprint density at radius 2 is 1.11 bits per heavy atom. The zero-order chi connectivity index (χ0) is 37.0. The number of aliphatic imine (C=N–C) groups is 2. The van der Waals surface area contributed by atoms with Crippen molar-refractivity contribution in [2.45, 2.75) is 19.0 Å². The molecule has 56 heavy (non-hydrogen) atoms. The molecule has 5 nitrogen and oxygen atoms in total. The van der Waals surface area contributed by atoms with E-state index < -0.39 is 0 Å². The number of para-hydroxylation sites is 2. The fraction of sp³-hybridized carbons (Fsp3) is 0.0588. The predicted octanol–water partition coefficient (Wildman–Crippen LogP) is 11.8. The largest absolute Gasteiger partial charge is 0.344 e. The van der Waals surface area contributed by atoms with E-state index in [1.165, 1.54) is 60.8 Å². The zero-order valence-electron chi connectivity index (χ0n) is 30.7. The predicted molar refractivity (Wildman–Crippen MR) is 232 cm³/mol. The van der Waals surface area contributed by atoms with Crippen LogP contribution in [0.25, 0.3) is 61.3 Å². The lowest BCUT2D eigenvalue weighted by Crippen LogP contribution is -2.33. The normalized spacial score (nSPS) is 15.1. The van der Waals surface area contributed by atoms with Gasteiger partial charge >= 0.3 is 0 Å². The maximum absolute atomic E-state index is 5.03. The Balaban J connectivity index is 0.980. The summed E-state index contributed by atoms with van der Waals surface area (Å²) in [7, 11) is 0. The van der Waals surface area contributed by atoms with Crippen molar-refractivity contribution in [1.29, 1.82) is 0 Å². The Labute approximate surface area is 325 Å². The molecular weight excluding hydrogens is 683 g/mol. The second-order valence-corrected chi connectivity index (χ2v) is 14.6. The van der Waals surface area contributed by atoms with Gasteiger partial charge in [0, 0.05) is 49.9 Å². The van der Waals surface area contributed by atoms with Crippen molar-refractivity contribution in [1.82, 2.24) is 14.5 Å². The van der Waals surface area contributed by atoms with Crippen molar-refractivity contribution >= 4 is 50.5 Å². The van der Waals surface area contributed by atoms with Crippen LogP contribution in [0.3, 0.4) is 0 Å². The van der Waals surface area contributed by atoms with E-state index in [0.717, 1.165) is 46.9 Å². The second-order valence-electron chi connectivity index (χ2n) is 14.6. The molecule has 0 fully saturated rings. The van der Waals surface area contributed by atoms with Gasteiger partial charge in [0.25, 0.3) is 0 Å². The van der Waals surface area contributed by atoms with Crippen LogP contribution < -0.4 is 5.32 Å². The number of hydrogen-bond acceptors (Lipinski definition) is 3. The minimum atomic E-state index is -0.239. The van der Waals surface area contributed by atoms with E-state index in [9.17, 15) is 0 Å². The Morgan fingerprint density at radius 1 is 0.500 bits per heavy atom. The summed E-state index contributed by atoms with van der Waals surface area (Å²) in [5.41, 5.74) is 14.2. The lowest BCUT2D eigenvalue weighted by atomic mass is 9.98. The fourth-order valence-corrected chi connectivity index (χ4v) is 8.59. The van der Waals surface area contributed by atoms with Gasteiger partial charge in [-0.3, -0.25) is 0 Å². The molecule has 3 heterocycles. The Hall–Kier alpha value is -7.24. The first kappa shape index (κ1) is 32.2. The van der Waals surface area contributed by atoms with E-state index in [2.05, 4.69) is 178 Å². The van der Waals surface area contributed by atoms with E-state index in [1.807, 2.05) is 24.3 Å². The van der Waals surface area contributed by atoms with Crippen LogP contribution in [-0.4, -0.2) is 20.8 Å². The van der Waals surface area contributed by atoms with E-state index in [4.69, 9.17) is 9.98 Å². The van der Waals surface area contributed by atoms with Crippen molar-refractivity contribution in [2.24, 2.45) is 9.98 Å². The molecule has 7 aromatic carbocycles. The molecule has 5 heteroatoms. The van der Waals surface area contributed by atoms with E-state index in [0.29, 0.717) is 0 Å². The summed E-state index contributed by atoms with van der Waals surface area (Å²) >= 11 is 0. The first-order valence-electron chi connectivity index (χ1n) is 19.3. The Kier molecular flexibility index (Phi) is 7.62. The molecule has 2 aliphatic rings. The fourth-order valence-electron chi connectivity index (χ4n) is 8.59. The average Bonchev–Trinajstić information content (AvgIpc) is 3.79. The number of hydrogen-bond donors (Lipinski definition) is 1. The lowest BCUT2D eigenvalue weighted by molar-refractivity contribution is 0.674.